The Morgan fingerprint density at radius 1 is 0.778 bits per heavy atom. The molecular weight excluding hydrogens is 258 g/mol. The van der Waals surface area contributed by atoms with Crippen molar-refractivity contribution >= 4 is 0 Å². The first-order chi connectivity index (χ1) is 8.12. The molecule has 0 saturated carbocycles. The number of hydrogen-bond acceptors (Lipinski definition) is 4. The van der Waals surface area contributed by atoms with E-state index in [1.807, 2.05) is 0 Å². The van der Waals surface area contributed by atoms with Gasteiger partial charge in [0.05, 0.1) is 27.2 Å². The molecule has 5 nitrogen and oxygen atoms in total. The van der Waals surface area contributed by atoms with Crippen LogP contribution in [0.25, 0.3) is 0 Å². The van der Waals surface area contributed by atoms with E-state index in [0.717, 1.165) is 0 Å². The average Bonchev–Trinajstić information content (AvgIpc) is 2.21. The highest BCUT2D eigenvalue weighted by molar-refractivity contribution is 4.43. The molecule has 0 aromatic carbocycles. The molecule has 112 valence electrons. The number of halogens is 1. The summed E-state index contributed by atoms with van der Waals surface area (Å²) in [5.41, 5.74) is 0. The fraction of sp³-hybridized carbons (Fsp3) is 1.00. The fourth-order valence-electron chi connectivity index (χ4n) is 1.48. The van der Waals surface area contributed by atoms with Crippen LogP contribution < -0.4 is 18.6 Å². The lowest BCUT2D eigenvalue weighted by atomic mass is 10.1. The van der Waals surface area contributed by atoms with Gasteiger partial charge in [0, 0.05) is 0 Å². The van der Waals surface area contributed by atoms with Gasteiger partial charge in [-0.1, -0.05) is 32.6 Å². The van der Waals surface area contributed by atoms with Crippen LogP contribution in [0.15, 0.2) is 0 Å². The third-order valence-electron chi connectivity index (χ3n) is 2.97. The first-order valence-corrected chi connectivity index (χ1v) is 7.79. The van der Waals surface area contributed by atoms with E-state index in [-0.39, 0.29) is 0 Å². The second kappa shape index (κ2) is 11.0. The second-order valence-electron chi connectivity index (χ2n) is 5.12. The van der Waals surface area contributed by atoms with Crippen molar-refractivity contribution in [2.24, 2.45) is 0 Å². The van der Waals surface area contributed by atoms with Gasteiger partial charge < -0.3 is 4.48 Å². The molecule has 0 rings (SSSR count). The van der Waals surface area contributed by atoms with E-state index in [0.29, 0.717) is 0 Å². The molecule has 0 N–H and O–H groups in total. The third kappa shape index (κ3) is 25.1. The van der Waals surface area contributed by atoms with Gasteiger partial charge in [0.25, 0.3) is 0 Å². The Bertz CT molecular complexity index is 177. The zero-order valence-corrected chi connectivity index (χ0v) is 12.9. The van der Waals surface area contributed by atoms with Crippen molar-refractivity contribution in [3.05, 3.63) is 0 Å². The Morgan fingerprint density at radius 3 is 1.56 bits per heavy atom. The highest BCUT2D eigenvalue weighted by Gasteiger charge is 2.09. The molecule has 0 aromatic heterocycles. The summed E-state index contributed by atoms with van der Waals surface area (Å²) in [5, 5.41) is 0. The van der Waals surface area contributed by atoms with Crippen molar-refractivity contribution in [3.63, 3.8) is 0 Å². The molecule has 0 aliphatic rings. The molecule has 18 heavy (non-hydrogen) atoms. The Kier molecular flexibility index (Phi) is 12.4. The van der Waals surface area contributed by atoms with Gasteiger partial charge in [-0.3, -0.25) is 0 Å². The Morgan fingerprint density at radius 2 is 1.17 bits per heavy atom. The van der Waals surface area contributed by atoms with Crippen LogP contribution in [0.4, 0.5) is 0 Å². The Balaban J connectivity index is 0. The van der Waals surface area contributed by atoms with Gasteiger partial charge in [-0.2, -0.15) is 0 Å². The number of quaternary nitrogens is 1. The predicted molar refractivity (Wildman–Crippen MR) is 60.9 cm³/mol. The number of hydrogen-bond donors (Lipinski definition) is 0. The van der Waals surface area contributed by atoms with Crippen molar-refractivity contribution in [1.29, 1.82) is 0 Å². The highest BCUT2D eigenvalue weighted by Crippen LogP contribution is 2.07. The maximum atomic E-state index is 8.49. The lowest BCUT2D eigenvalue weighted by Crippen LogP contribution is -2.68. The van der Waals surface area contributed by atoms with Gasteiger partial charge in [0.1, 0.15) is 0 Å². The molecule has 0 spiro atoms. The molecule has 0 amide bonds. The summed E-state index contributed by atoms with van der Waals surface area (Å²) >= 11 is 0. The molecule has 6 heteroatoms. The van der Waals surface area contributed by atoms with Gasteiger partial charge in [-0.25, -0.2) is 18.6 Å². The van der Waals surface area contributed by atoms with Crippen LogP contribution in [0.2, 0.25) is 0 Å². The van der Waals surface area contributed by atoms with E-state index in [9.17, 15) is 0 Å². The molecule has 0 saturated heterocycles. The first-order valence-electron chi connectivity index (χ1n) is 6.56. The summed E-state index contributed by atoms with van der Waals surface area (Å²) < 4.78 is 35.2. The van der Waals surface area contributed by atoms with Crippen LogP contribution in [0.5, 0.6) is 0 Å². The van der Waals surface area contributed by atoms with Crippen molar-refractivity contribution in [2.45, 2.75) is 52.4 Å². The normalized spacial score (nSPS) is 12.0. The first kappa shape index (κ1) is 20.4. The minimum atomic E-state index is -4.94. The average molecular weight is 286 g/mol. The van der Waals surface area contributed by atoms with E-state index in [1.165, 1.54) is 56.1 Å². The van der Waals surface area contributed by atoms with Gasteiger partial charge in [-0.15, -0.1) is 10.2 Å². The number of unbranched alkanes of at least 4 members (excludes halogenated alkanes) is 5. The Hall–Kier alpha value is 0.0900. The summed E-state index contributed by atoms with van der Waals surface area (Å²) in [7, 11) is -0.294. The molecule has 0 radical (unpaired) electrons. The van der Waals surface area contributed by atoms with E-state index >= 15 is 0 Å². The molecule has 0 fully saturated rings. The van der Waals surface area contributed by atoms with Crippen molar-refractivity contribution < 1.29 is 33.4 Å². The quantitative estimate of drug-likeness (QED) is 0.409. The van der Waals surface area contributed by atoms with E-state index in [4.69, 9.17) is 18.6 Å². The molecule has 0 heterocycles. The lowest BCUT2D eigenvalue weighted by Gasteiger charge is -2.28. The second-order valence-corrected chi connectivity index (χ2v) is 5.88. The monoisotopic (exact) mass is 285 g/mol. The van der Waals surface area contributed by atoms with Gasteiger partial charge in [0.15, 0.2) is 0 Å². The number of rotatable bonds is 8. The largest absolute Gasteiger partial charge is 0.329 e. The van der Waals surface area contributed by atoms with Crippen LogP contribution in [0.1, 0.15) is 52.4 Å². The maximum Gasteiger partial charge on any atom is 0.0782 e. The van der Waals surface area contributed by atoms with E-state index < -0.39 is 10.2 Å². The van der Waals surface area contributed by atoms with Crippen molar-refractivity contribution in [3.8, 4) is 0 Å². The van der Waals surface area contributed by atoms with Gasteiger partial charge in [-0.05, 0) is 19.8 Å². The highest BCUT2D eigenvalue weighted by atomic mass is 35.7. The molecule has 0 unspecified atom stereocenters. The molecule has 0 atom stereocenters. The van der Waals surface area contributed by atoms with E-state index in [2.05, 4.69) is 27.9 Å². The molecular formula is C12H28ClNO4. The summed E-state index contributed by atoms with van der Waals surface area (Å²) in [6.45, 7) is 7.16. The van der Waals surface area contributed by atoms with Crippen LogP contribution in [0.3, 0.4) is 0 Å². The maximum absolute atomic E-state index is 8.49. The van der Waals surface area contributed by atoms with Gasteiger partial charge in [0.2, 0.25) is 0 Å². The minimum Gasteiger partial charge on any atom is -0.329 e. The smallest absolute Gasteiger partial charge is 0.0782 e. The van der Waals surface area contributed by atoms with E-state index in [1.54, 1.807) is 0 Å². The van der Waals surface area contributed by atoms with Crippen molar-refractivity contribution in [2.75, 3.05) is 27.2 Å². The summed E-state index contributed by atoms with van der Waals surface area (Å²) in [4.78, 5) is 0. The molecule has 0 bridgehead atoms. The molecule has 0 aromatic rings. The lowest BCUT2D eigenvalue weighted by molar-refractivity contribution is -2.00. The van der Waals surface area contributed by atoms with Gasteiger partial charge >= 0.3 is 0 Å². The van der Waals surface area contributed by atoms with Crippen molar-refractivity contribution in [1.82, 2.24) is 0 Å². The SMILES string of the molecule is CCCCCCCC[N+](C)(C)CC.[O-][Cl+3]([O-])([O-])[O-]. The zero-order chi connectivity index (χ0) is 14.7. The van der Waals surface area contributed by atoms with Crippen LogP contribution >= 0.6 is 0 Å². The van der Waals surface area contributed by atoms with Crippen LogP contribution in [-0.4, -0.2) is 31.7 Å². The Labute approximate surface area is 113 Å². The predicted octanol–water partition coefficient (Wildman–Crippen LogP) is -1.31. The zero-order valence-electron chi connectivity index (χ0n) is 12.1. The standard InChI is InChI=1S/C12H28N.ClHO4/c1-5-7-8-9-10-11-12-13(3,4)6-2;2-1(3,4)5/h5-12H2,1-4H3;(H,2,3,4,5)/q+1;/p-1. The minimum absolute atomic E-state index is 1.19. The van der Waals surface area contributed by atoms with Crippen LogP contribution in [0, 0.1) is 10.2 Å². The molecule has 0 aliphatic heterocycles. The van der Waals surface area contributed by atoms with Crippen LogP contribution in [-0.2, 0) is 0 Å². The topological polar surface area (TPSA) is 92.2 Å². The number of nitrogens with zero attached hydrogens (tertiary/aromatic N) is 1. The third-order valence-corrected chi connectivity index (χ3v) is 2.97. The summed E-state index contributed by atoms with van der Waals surface area (Å²) in [6, 6.07) is 0. The summed E-state index contributed by atoms with van der Waals surface area (Å²) in [5.74, 6) is 0. The molecule has 0 aliphatic carbocycles. The fourth-order valence-corrected chi connectivity index (χ4v) is 1.48. The summed E-state index contributed by atoms with van der Waals surface area (Å²) in [6.07, 6.45) is 8.50.